The van der Waals surface area contributed by atoms with Gasteiger partial charge in [-0.2, -0.15) is 0 Å². The number of benzene rings is 2. The number of hydrogen-bond acceptors (Lipinski definition) is 5. The molecule has 1 fully saturated rings. The smallest absolute Gasteiger partial charge is 0.328 e. The number of imide groups is 1. The minimum Gasteiger partial charge on any atom is -0.493 e. The van der Waals surface area contributed by atoms with Crippen molar-refractivity contribution < 1.29 is 23.9 Å². The molecule has 0 aliphatic carbocycles. The van der Waals surface area contributed by atoms with Gasteiger partial charge in [-0.25, -0.2) is 9.69 Å². The highest BCUT2D eigenvalue weighted by molar-refractivity contribution is 6.30. The molecular formula is C19H18ClN3O5. The lowest BCUT2D eigenvalue weighted by molar-refractivity contribution is -0.130. The molecule has 2 aromatic carbocycles. The Kier molecular flexibility index (Phi) is 5.70. The number of amides is 4. The number of ether oxygens (including phenoxy) is 2. The molecule has 9 heteroatoms. The van der Waals surface area contributed by atoms with E-state index in [0.29, 0.717) is 27.9 Å². The molecule has 3 rings (SSSR count). The third kappa shape index (κ3) is 3.86. The Hall–Kier alpha value is -3.26. The van der Waals surface area contributed by atoms with E-state index in [-0.39, 0.29) is 6.54 Å². The number of carbonyl (C=O) groups is 3. The summed E-state index contributed by atoms with van der Waals surface area (Å²) in [6.45, 7) is -0.0963. The van der Waals surface area contributed by atoms with Gasteiger partial charge >= 0.3 is 6.03 Å². The minimum absolute atomic E-state index is 0.0963. The molecule has 0 saturated carbocycles. The van der Waals surface area contributed by atoms with E-state index in [1.807, 2.05) is 0 Å². The van der Waals surface area contributed by atoms with Gasteiger partial charge < -0.3 is 20.1 Å². The summed E-state index contributed by atoms with van der Waals surface area (Å²) in [5.41, 5.74) is 0.765. The number of halogens is 1. The Morgan fingerprint density at radius 1 is 1.11 bits per heavy atom. The van der Waals surface area contributed by atoms with E-state index in [1.165, 1.54) is 26.4 Å². The lowest BCUT2D eigenvalue weighted by Crippen LogP contribution is -2.58. The summed E-state index contributed by atoms with van der Waals surface area (Å²) in [7, 11) is 2.98. The molecule has 1 atom stereocenters. The minimum atomic E-state index is -1.08. The second-order valence-corrected chi connectivity index (χ2v) is 6.38. The van der Waals surface area contributed by atoms with Gasteiger partial charge in [0, 0.05) is 23.3 Å². The molecule has 1 saturated heterocycles. The maximum absolute atomic E-state index is 12.8. The standard InChI is InChI=1S/C19H18ClN3O5/c1-27-15-8-5-12(9-16(15)28-2)22-17(24)14-10-21-19(26)23(18(14)25)13-6-3-11(20)4-7-13/h3-9,14H,10H2,1-2H3,(H,21,26)(H,22,24). The number of methoxy groups -OCH3 is 2. The first-order valence-corrected chi connectivity index (χ1v) is 8.72. The first kappa shape index (κ1) is 19.5. The van der Waals surface area contributed by atoms with Crippen molar-refractivity contribution in [2.75, 3.05) is 31.0 Å². The van der Waals surface area contributed by atoms with Gasteiger partial charge in [0.1, 0.15) is 5.92 Å². The molecule has 8 nitrogen and oxygen atoms in total. The number of hydrogen-bond donors (Lipinski definition) is 2. The Morgan fingerprint density at radius 2 is 1.79 bits per heavy atom. The summed E-state index contributed by atoms with van der Waals surface area (Å²) in [4.78, 5) is 38.6. The largest absolute Gasteiger partial charge is 0.493 e. The average molecular weight is 404 g/mol. The SMILES string of the molecule is COc1ccc(NC(=O)C2CNC(=O)N(c3ccc(Cl)cc3)C2=O)cc1OC. The quantitative estimate of drug-likeness (QED) is 0.748. The molecule has 0 bridgehead atoms. The van der Waals surface area contributed by atoms with Gasteiger partial charge in [-0.1, -0.05) is 11.6 Å². The van der Waals surface area contributed by atoms with Crippen molar-refractivity contribution >= 4 is 40.8 Å². The normalized spacial score (nSPS) is 16.4. The van der Waals surface area contributed by atoms with E-state index in [0.717, 1.165) is 4.90 Å². The number of rotatable bonds is 5. The fourth-order valence-electron chi connectivity index (χ4n) is 2.79. The van der Waals surface area contributed by atoms with Crippen LogP contribution < -0.4 is 25.0 Å². The highest BCUT2D eigenvalue weighted by Gasteiger charge is 2.39. The number of urea groups is 1. The summed E-state index contributed by atoms with van der Waals surface area (Å²) >= 11 is 5.85. The zero-order chi connectivity index (χ0) is 20.3. The van der Waals surface area contributed by atoms with Crippen molar-refractivity contribution in [2.45, 2.75) is 0 Å². The topological polar surface area (TPSA) is 97.0 Å². The predicted octanol–water partition coefficient (Wildman–Crippen LogP) is 2.67. The second-order valence-electron chi connectivity index (χ2n) is 5.95. The maximum atomic E-state index is 12.8. The Balaban J connectivity index is 1.79. The zero-order valence-electron chi connectivity index (χ0n) is 15.2. The van der Waals surface area contributed by atoms with Crippen LogP contribution in [0.5, 0.6) is 11.5 Å². The van der Waals surface area contributed by atoms with Crippen LogP contribution in [0.15, 0.2) is 42.5 Å². The fraction of sp³-hybridized carbons (Fsp3) is 0.211. The lowest BCUT2D eigenvalue weighted by atomic mass is 10.0. The molecule has 1 aliphatic rings. The van der Waals surface area contributed by atoms with Gasteiger partial charge in [0.2, 0.25) is 11.8 Å². The zero-order valence-corrected chi connectivity index (χ0v) is 15.9. The number of carbonyl (C=O) groups excluding carboxylic acids is 3. The van der Waals surface area contributed by atoms with Crippen molar-refractivity contribution in [3.05, 3.63) is 47.5 Å². The van der Waals surface area contributed by atoms with Crippen LogP contribution in [0.25, 0.3) is 0 Å². The van der Waals surface area contributed by atoms with Crippen molar-refractivity contribution in [3.63, 3.8) is 0 Å². The monoisotopic (exact) mass is 403 g/mol. The molecule has 2 aromatic rings. The van der Waals surface area contributed by atoms with Gasteiger partial charge in [0.05, 0.1) is 19.9 Å². The van der Waals surface area contributed by atoms with Crippen molar-refractivity contribution in [1.82, 2.24) is 5.32 Å². The fourth-order valence-corrected chi connectivity index (χ4v) is 2.92. The summed E-state index contributed by atoms with van der Waals surface area (Å²) in [6, 6.07) is 10.4. The van der Waals surface area contributed by atoms with Gasteiger partial charge in [-0.15, -0.1) is 0 Å². The highest BCUT2D eigenvalue weighted by atomic mass is 35.5. The van der Waals surface area contributed by atoms with Gasteiger partial charge in [0.25, 0.3) is 0 Å². The summed E-state index contributed by atoms with van der Waals surface area (Å²) in [5.74, 6) is -1.30. The second kappa shape index (κ2) is 8.18. The average Bonchev–Trinajstić information content (AvgIpc) is 2.69. The van der Waals surface area contributed by atoms with E-state index >= 15 is 0 Å². The van der Waals surface area contributed by atoms with Crippen molar-refractivity contribution in [3.8, 4) is 11.5 Å². The van der Waals surface area contributed by atoms with Crippen LogP contribution in [0.1, 0.15) is 0 Å². The Morgan fingerprint density at radius 3 is 2.43 bits per heavy atom. The Bertz CT molecular complexity index is 916. The molecule has 1 unspecified atom stereocenters. The number of nitrogens with one attached hydrogen (secondary N) is 2. The molecule has 2 N–H and O–H groups in total. The molecule has 0 radical (unpaired) electrons. The van der Waals surface area contributed by atoms with Crippen LogP contribution in [0.4, 0.5) is 16.2 Å². The number of anilines is 2. The molecule has 1 aliphatic heterocycles. The van der Waals surface area contributed by atoms with Gasteiger partial charge in [0.15, 0.2) is 11.5 Å². The molecule has 1 heterocycles. The molecule has 0 aromatic heterocycles. The Labute approximate surface area is 166 Å². The van der Waals surface area contributed by atoms with Crippen LogP contribution in [0.3, 0.4) is 0 Å². The molecular weight excluding hydrogens is 386 g/mol. The lowest BCUT2D eigenvalue weighted by Gasteiger charge is -2.30. The maximum Gasteiger partial charge on any atom is 0.328 e. The van der Waals surface area contributed by atoms with Gasteiger partial charge in [-0.3, -0.25) is 9.59 Å². The van der Waals surface area contributed by atoms with Crippen LogP contribution in [0.2, 0.25) is 5.02 Å². The molecule has 0 spiro atoms. The molecule has 28 heavy (non-hydrogen) atoms. The van der Waals surface area contributed by atoms with Crippen LogP contribution in [-0.2, 0) is 9.59 Å². The summed E-state index contributed by atoms with van der Waals surface area (Å²) in [6.07, 6.45) is 0. The molecule has 146 valence electrons. The van der Waals surface area contributed by atoms with E-state index in [4.69, 9.17) is 21.1 Å². The first-order valence-electron chi connectivity index (χ1n) is 8.35. The number of nitrogens with zero attached hydrogens (tertiary/aromatic N) is 1. The van der Waals surface area contributed by atoms with Crippen LogP contribution in [0, 0.1) is 5.92 Å². The third-order valence-electron chi connectivity index (χ3n) is 4.23. The highest BCUT2D eigenvalue weighted by Crippen LogP contribution is 2.30. The summed E-state index contributed by atoms with van der Waals surface area (Å²) in [5, 5.41) is 5.70. The summed E-state index contributed by atoms with van der Waals surface area (Å²) < 4.78 is 10.4. The van der Waals surface area contributed by atoms with Crippen LogP contribution >= 0.6 is 11.6 Å². The third-order valence-corrected chi connectivity index (χ3v) is 4.48. The van der Waals surface area contributed by atoms with Crippen molar-refractivity contribution in [2.24, 2.45) is 5.92 Å². The predicted molar refractivity (Wildman–Crippen MR) is 104 cm³/mol. The van der Waals surface area contributed by atoms with Gasteiger partial charge in [-0.05, 0) is 36.4 Å². The van der Waals surface area contributed by atoms with E-state index < -0.39 is 23.8 Å². The van der Waals surface area contributed by atoms with E-state index in [1.54, 1.807) is 30.3 Å². The van der Waals surface area contributed by atoms with E-state index in [2.05, 4.69) is 10.6 Å². The van der Waals surface area contributed by atoms with E-state index in [9.17, 15) is 14.4 Å². The van der Waals surface area contributed by atoms with Crippen LogP contribution in [-0.4, -0.2) is 38.6 Å². The van der Waals surface area contributed by atoms with Crippen molar-refractivity contribution in [1.29, 1.82) is 0 Å². The molecule has 4 amide bonds. The first-order chi connectivity index (χ1) is 13.4.